The number of ether oxygens (including phenoxy) is 2. The Balaban J connectivity index is 3.08. The first-order chi connectivity index (χ1) is 8.05. The number of hydrogen-bond acceptors (Lipinski definition) is 3. The third-order valence-corrected chi connectivity index (χ3v) is 2.89. The summed E-state index contributed by atoms with van der Waals surface area (Å²) in [5, 5.41) is 3.28. The first-order valence-corrected chi connectivity index (χ1v) is 6.14. The fourth-order valence-corrected chi connectivity index (χ4v) is 1.58. The molecule has 17 heavy (non-hydrogen) atoms. The van der Waals surface area contributed by atoms with E-state index in [0.29, 0.717) is 13.2 Å². The Morgan fingerprint density at radius 1 is 1.06 bits per heavy atom. The van der Waals surface area contributed by atoms with Crippen LogP contribution in [0.4, 0.5) is 0 Å². The maximum atomic E-state index is 5.62. The van der Waals surface area contributed by atoms with Gasteiger partial charge in [0.2, 0.25) is 0 Å². The van der Waals surface area contributed by atoms with Crippen molar-refractivity contribution in [2.45, 2.75) is 33.2 Å². The molecule has 0 fully saturated rings. The lowest BCUT2D eigenvalue weighted by Gasteiger charge is -2.25. The zero-order valence-electron chi connectivity index (χ0n) is 11.5. The third-order valence-electron chi connectivity index (χ3n) is 2.89. The molecule has 1 N–H and O–H groups in total. The average molecular weight is 237 g/mol. The Labute approximate surface area is 104 Å². The highest BCUT2D eigenvalue weighted by Crippen LogP contribution is 2.32. The van der Waals surface area contributed by atoms with E-state index < -0.39 is 0 Å². The van der Waals surface area contributed by atoms with Crippen LogP contribution in [0.3, 0.4) is 0 Å². The van der Waals surface area contributed by atoms with Crippen LogP contribution in [0.5, 0.6) is 11.5 Å². The molecular weight excluding hydrogens is 214 g/mol. The van der Waals surface area contributed by atoms with Gasteiger partial charge < -0.3 is 14.8 Å². The Hall–Kier alpha value is -1.22. The Kier molecular flexibility index (Phi) is 4.82. The summed E-state index contributed by atoms with van der Waals surface area (Å²) < 4.78 is 11.2. The van der Waals surface area contributed by atoms with Crippen LogP contribution in [0.1, 0.15) is 33.3 Å². The molecule has 0 radical (unpaired) electrons. The summed E-state index contributed by atoms with van der Waals surface area (Å²) in [5.41, 5.74) is 1.11. The normalized spacial score (nSPS) is 11.4. The van der Waals surface area contributed by atoms with E-state index in [9.17, 15) is 0 Å². The number of rotatable bonds is 6. The van der Waals surface area contributed by atoms with Crippen molar-refractivity contribution < 1.29 is 9.47 Å². The van der Waals surface area contributed by atoms with Crippen molar-refractivity contribution in [3.63, 3.8) is 0 Å². The summed E-state index contributed by atoms with van der Waals surface area (Å²) in [6, 6.07) is 6.10. The number of hydrogen-bond donors (Lipinski definition) is 1. The van der Waals surface area contributed by atoms with Crippen molar-refractivity contribution in [1.82, 2.24) is 5.32 Å². The lowest BCUT2D eigenvalue weighted by Crippen LogP contribution is -2.33. The lowest BCUT2D eigenvalue weighted by molar-refractivity contribution is 0.286. The van der Waals surface area contributed by atoms with Crippen LogP contribution in [0.25, 0.3) is 0 Å². The van der Waals surface area contributed by atoms with E-state index in [-0.39, 0.29) is 5.54 Å². The molecule has 0 saturated carbocycles. The molecule has 1 rings (SSSR count). The third kappa shape index (κ3) is 3.37. The minimum Gasteiger partial charge on any atom is -0.490 e. The van der Waals surface area contributed by atoms with Gasteiger partial charge in [0, 0.05) is 5.54 Å². The Morgan fingerprint density at radius 3 is 2.18 bits per heavy atom. The Bertz CT molecular complexity index is 361. The summed E-state index contributed by atoms with van der Waals surface area (Å²) in [6.07, 6.45) is 0. The molecule has 0 unspecified atom stereocenters. The molecule has 0 atom stereocenters. The number of nitrogens with one attached hydrogen (secondary N) is 1. The van der Waals surface area contributed by atoms with Crippen LogP contribution in [0.15, 0.2) is 18.2 Å². The fourth-order valence-electron chi connectivity index (χ4n) is 1.58. The molecule has 0 aliphatic carbocycles. The maximum absolute atomic E-state index is 5.62. The smallest absolute Gasteiger partial charge is 0.161 e. The molecule has 3 nitrogen and oxygen atoms in total. The van der Waals surface area contributed by atoms with Crippen LogP contribution in [0.2, 0.25) is 0 Å². The molecular formula is C14H23NO2. The van der Waals surface area contributed by atoms with Crippen LogP contribution in [-0.2, 0) is 5.54 Å². The summed E-state index contributed by atoms with van der Waals surface area (Å²) >= 11 is 0. The van der Waals surface area contributed by atoms with Crippen molar-refractivity contribution in [2.75, 3.05) is 20.3 Å². The highest BCUT2D eigenvalue weighted by atomic mass is 16.5. The summed E-state index contributed by atoms with van der Waals surface area (Å²) in [7, 11) is 1.96. The van der Waals surface area contributed by atoms with Gasteiger partial charge in [-0.15, -0.1) is 0 Å². The van der Waals surface area contributed by atoms with Gasteiger partial charge in [-0.1, -0.05) is 6.07 Å². The topological polar surface area (TPSA) is 30.5 Å². The Morgan fingerprint density at radius 2 is 1.65 bits per heavy atom. The van der Waals surface area contributed by atoms with Crippen molar-refractivity contribution in [2.24, 2.45) is 0 Å². The molecule has 96 valence electrons. The van der Waals surface area contributed by atoms with Crippen molar-refractivity contribution in [3.8, 4) is 11.5 Å². The molecule has 0 saturated heterocycles. The van der Waals surface area contributed by atoms with Gasteiger partial charge in [0.25, 0.3) is 0 Å². The van der Waals surface area contributed by atoms with E-state index in [2.05, 4.69) is 25.2 Å². The SMILES string of the molecule is CCOc1ccc(C(C)(C)NC)cc1OCC. The summed E-state index contributed by atoms with van der Waals surface area (Å²) in [5.74, 6) is 1.63. The first kappa shape index (κ1) is 13.8. The molecule has 0 spiro atoms. The molecule has 0 bridgehead atoms. The van der Waals surface area contributed by atoms with Crippen LogP contribution in [0, 0.1) is 0 Å². The zero-order valence-corrected chi connectivity index (χ0v) is 11.5. The second-order valence-corrected chi connectivity index (χ2v) is 4.40. The van der Waals surface area contributed by atoms with Crippen molar-refractivity contribution >= 4 is 0 Å². The van der Waals surface area contributed by atoms with Crippen molar-refractivity contribution in [1.29, 1.82) is 0 Å². The predicted molar refractivity (Wildman–Crippen MR) is 70.9 cm³/mol. The molecule has 0 amide bonds. The molecule has 0 aromatic heterocycles. The quantitative estimate of drug-likeness (QED) is 0.825. The van der Waals surface area contributed by atoms with E-state index in [1.807, 2.05) is 33.0 Å². The summed E-state index contributed by atoms with van der Waals surface area (Å²) in [4.78, 5) is 0. The standard InChI is InChI=1S/C14H23NO2/c1-6-16-12-9-8-11(14(3,4)15-5)10-13(12)17-7-2/h8-10,15H,6-7H2,1-5H3. The van der Waals surface area contributed by atoms with Gasteiger partial charge >= 0.3 is 0 Å². The van der Waals surface area contributed by atoms with Gasteiger partial charge in [0.1, 0.15) is 0 Å². The monoisotopic (exact) mass is 237 g/mol. The maximum Gasteiger partial charge on any atom is 0.161 e. The molecule has 3 heteroatoms. The minimum atomic E-state index is -0.0728. The van der Waals surface area contributed by atoms with Crippen molar-refractivity contribution in [3.05, 3.63) is 23.8 Å². The van der Waals surface area contributed by atoms with Gasteiger partial charge in [-0.05, 0) is 52.4 Å². The molecule has 1 aromatic carbocycles. The van der Waals surface area contributed by atoms with Crippen LogP contribution < -0.4 is 14.8 Å². The van der Waals surface area contributed by atoms with Gasteiger partial charge in [0.05, 0.1) is 13.2 Å². The van der Waals surface area contributed by atoms with E-state index in [4.69, 9.17) is 9.47 Å². The molecule has 0 heterocycles. The fraction of sp³-hybridized carbons (Fsp3) is 0.571. The predicted octanol–water partition coefficient (Wildman–Crippen LogP) is 2.94. The molecule has 0 aliphatic rings. The lowest BCUT2D eigenvalue weighted by atomic mass is 9.94. The first-order valence-electron chi connectivity index (χ1n) is 6.14. The zero-order chi connectivity index (χ0) is 12.9. The van der Waals surface area contributed by atoms with Crippen LogP contribution >= 0.6 is 0 Å². The highest BCUT2D eigenvalue weighted by Gasteiger charge is 2.19. The van der Waals surface area contributed by atoms with Gasteiger partial charge in [-0.25, -0.2) is 0 Å². The van der Waals surface area contributed by atoms with Gasteiger partial charge in [-0.3, -0.25) is 0 Å². The largest absolute Gasteiger partial charge is 0.490 e. The highest BCUT2D eigenvalue weighted by molar-refractivity contribution is 5.44. The summed E-state index contributed by atoms with van der Waals surface area (Å²) in [6.45, 7) is 9.52. The van der Waals surface area contributed by atoms with E-state index >= 15 is 0 Å². The van der Waals surface area contributed by atoms with E-state index in [1.54, 1.807) is 0 Å². The van der Waals surface area contributed by atoms with E-state index in [0.717, 1.165) is 11.5 Å². The second-order valence-electron chi connectivity index (χ2n) is 4.40. The molecule has 0 aliphatic heterocycles. The van der Waals surface area contributed by atoms with E-state index in [1.165, 1.54) is 5.56 Å². The van der Waals surface area contributed by atoms with Gasteiger partial charge in [0.15, 0.2) is 11.5 Å². The van der Waals surface area contributed by atoms with Crippen LogP contribution in [-0.4, -0.2) is 20.3 Å². The minimum absolute atomic E-state index is 0.0728. The molecule has 1 aromatic rings. The van der Waals surface area contributed by atoms with Gasteiger partial charge in [-0.2, -0.15) is 0 Å². The second kappa shape index (κ2) is 5.92. The average Bonchev–Trinajstić information content (AvgIpc) is 2.32. The number of benzene rings is 1.